The lowest BCUT2D eigenvalue weighted by Crippen LogP contribution is -2.20. The molecule has 8 nitrogen and oxygen atoms in total. The molecule has 0 aliphatic carbocycles. The van der Waals surface area contributed by atoms with Gasteiger partial charge in [-0.3, -0.25) is 9.59 Å². The number of ketones is 1. The predicted molar refractivity (Wildman–Crippen MR) is 111 cm³/mol. The van der Waals surface area contributed by atoms with Crippen molar-refractivity contribution in [1.82, 2.24) is 20.2 Å². The van der Waals surface area contributed by atoms with Gasteiger partial charge in [0.25, 0.3) is 5.91 Å². The summed E-state index contributed by atoms with van der Waals surface area (Å²) in [4.78, 5) is 25.2. The van der Waals surface area contributed by atoms with Crippen LogP contribution in [0.15, 0.2) is 77.4 Å². The number of hydrogen-bond acceptors (Lipinski definition) is 6. The van der Waals surface area contributed by atoms with Crippen molar-refractivity contribution in [3.05, 3.63) is 84.3 Å². The SMILES string of the molecule is CC(=O)c1ccccc1NC(=O)/C(=C/c1ccco1)n1nnnc1-c1ccccc1. The third-order valence-electron chi connectivity index (χ3n) is 4.34. The van der Waals surface area contributed by atoms with Crippen LogP contribution in [0.1, 0.15) is 23.0 Å². The van der Waals surface area contributed by atoms with E-state index in [0.29, 0.717) is 22.8 Å². The van der Waals surface area contributed by atoms with Crippen LogP contribution in [-0.2, 0) is 4.79 Å². The Bertz CT molecular complexity index is 1210. The number of benzene rings is 2. The molecule has 2 aromatic heterocycles. The molecule has 0 radical (unpaired) electrons. The van der Waals surface area contributed by atoms with Crippen LogP contribution in [0, 0.1) is 0 Å². The van der Waals surface area contributed by atoms with E-state index in [1.165, 1.54) is 23.9 Å². The number of hydrogen-bond donors (Lipinski definition) is 1. The van der Waals surface area contributed by atoms with E-state index in [1.807, 2.05) is 30.3 Å². The Balaban J connectivity index is 1.77. The highest BCUT2D eigenvalue weighted by atomic mass is 16.3. The largest absolute Gasteiger partial charge is 0.465 e. The molecule has 148 valence electrons. The summed E-state index contributed by atoms with van der Waals surface area (Å²) in [6, 6.07) is 19.5. The lowest BCUT2D eigenvalue weighted by Gasteiger charge is -2.12. The minimum Gasteiger partial charge on any atom is -0.465 e. The summed E-state index contributed by atoms with van der Waals surface area (Å²) >= 11 is 0. The number of tetrazole rings is 1. The molecule has 0 atom stereocenters. The van der Waals surface area contributed by atoms with Gasteiger partial charge in [0.05, 0.1) is 12.0 Å². The summed E-state index contributed by atoms with van der Waals surface area (Å²) in [6.45, 7) is 1.44. The Kier molecular flexibility index (Phi) is 5.29. The number of Topliss-reactive ketones (excluding diaryl/α,β-unsaturated/α-hetero) is 1. The smallest absolute Gasteiger partial charge is 0.274 e. The zero-order valence-electron chi connectivity index (χ0n) is 16.0. The van der Waals surface area contributed by atoms with Crippen LogP contribution in [0.2, 0.25) is 0 Å². The Morgan fingerprint density at radius 1 is 1.00 bits per heavy atom. The van der Waals surface area contributed by atoms with E-state index < -0.39 is 5.91 Å². The van der Waals surface area contributed by atoms with Crippen molar-refractivity contribution in [1.29, 1.82) is 0 Å². The second-order valence-corrected chi connectivity index (χ2v) is 6.38. The summed E-state index contributed by atoms with van der Waals surface area (Å²) in [5, 5.41) is 14.6. The van der Waals surface area contributed by atoms with Crippen LogP contribution in [0.3, 0.4) is 0 Å². The van der Waals surface area contributed by atoms with Crippen molar-refractivity contribution in [2.24, 2.45) is 0 Å². The van der Waals surface area contributed by atoms with Gasteiger partial charge >= 0.3 is 0 Å². The Morgan fingerprint density at radius 2 is 1.77 bits per heavy atom. The summed E-state index contributed by atoms with van der Waals surface area (Å²) < 4.78 is 6.71. The van der Waals surface area contributed by atoms with Crippen molar-refractivity contribution in [2.45, 2.75) is 6.92 Å². The molecule has 0 aliphatic rings. The van der Waals surface area contributed by atoms with Crippen molar-refractivity contribution in [3.8, 4) is 11.4 Å². The second kappa shape index (κ2) is 8.36. The van der Waals surface area contributed by atoms with Crippen LogP contribution in [0.25, 0.3) is 23.2 Å². The molecule has 0 saturated carbocycles. The highest BCUT2D eigenvalue weighted by molar-refractivity contribution is 6.25. The summed E-state index contributed by atoms with van der Waals surface area (Å²) in [5.41, 5.74) is 1.68. The van der Waals surface area contributed by atoms with E-state index in [4.69, 9.17) is 4.42 Å². The lowest BCUT2D eigenvalue weighted by molar-refractivity contribution is -0.111. The molecule has 1 N–H and O–H groups in total. The Hall–Kier alpha value is -4.33. The lowest BCUT2D eigenvalue weighted by atomic mass is 10.1. The molecule has 0 saturated heterocycles. The molecular formula is C22H17N5O3. The Labute approximate surface area is 171 Å². The van der Waals surface area contributed by atoms with E-state index in [9.17, 15) is 9.59 Å². The number of carbonyl (C=O) groups excluding carboxylic acids is 2. The van der Waals surface area contributed by atoms with Gasteiger partial charge in [-0.05, 0) is 41.6 Å². The molecule has 1 amide bonds. The number of nitrogens with zero attached hydrogens (tertiary/aromatic N) is 4. The highest BCUT2D eigenvalue weighted by Crippen LogP contribution is 2.23. The number of anilines is 1. The highest BCUT2D eigenvalue weighted by Gasteiger charge is 2.21. The van der Waals surface area contributed by atoms with Gasteiger partial charge in [0.2, 0.25) is 0 Å². The molecule has 8 heteroatoms. The first-order chi connectivity index (χ1) is 14.6. The monoisotopic (exact) mass is 399 g/mol. The number of furan rings is 1. The van der Waals surface area contributed by atoms with Crippen molar-refractivity contribution >= 4 is 29.2 Å². The van der Waals surface area contributed by atoms with Gasteiger partial charge in [-0.2, -0.15) is 4.68 Å². The maximum Gasteiger partial charge on any atom is 0.274 e. The minimum absolute atomic E-state index is 0.132. The Morgan fingerprint density at radius 3 is 2.50 bits per heavy atom. The van der Waals surface area contributed by atoms with E-state index in [0.717, 1.165) is 5.56 Å². The van der Waals surface area contributed by atoms with Crippen LogP contribution in [-0.4, -0.2) is 31.9 Å². The molecule has 2 aromatic carbocycles. The molecule has 2 heterocycles. The zero-order valence-corrected chi connectivity index (χ0v) is 16.0. The van der Waals surface area contributed by atoms with E-state index in [2.05, 4.69) is 20.8 Å². The van der Waals surface area contributed by atoms with E-state index in [-0.39, 0.29) is 11.5 Å². The van der Waals surface area contributed by atoms with Gasteiger partial charge in [-0.15, -0.1) is 5.10 Å². The fourth-order valence-corrected chi connectivity index (χ4v) is 2.93. The summed E-state index contributed by atoms with van der Waals surface area (Å²) in [5.74, 6) is 0.192. The van der Waals surface area contributed by atoms with Crippen LogP contribution < -0.4 is 5.32 Å². The van der Waals surface area contributed by atoms with E-state index in [1.54, 1.807) is 36.4 Å². The minimum atomic E-state index is -0.496. The number of nitrogens with one attached hydrogen (secondary N) is 1. The molecular weight excluding hydrogens is 382 g/mol. The molecule has 4 aromatic rings. The molecule has 0 aliphatic heterocycles. The third-order valence-corrected chi connectivity index (χ3v) is 4.34. The topological polar surface area (TPSA) is 103 Å². The zero-order chi connectivity index (χ0) is 20.9. The molecule has 0 fully saturated rings. The average molecular weight is 399 g/mol. The fourth-order valence-electron chi connectivity index (χ4n) is 2.93. The maximum atomic E-state index is 13.2. The van der Waals surface area contributed by atoms with Crippen LogP contribution in [0.5, 0.6) is 0 Å². The maximum absolute atomic E-state index is 13.2. The average Bonchev–Trinajstić information content (AvgIpc) is 3.45. The standard InChI is InChI=1S/C22H17N5O3/c1-15(28)18-11-5-6-12-19(18)23-22(29)20(14-17-10-7-13-30-17)27-21(24-25-26-27)16-8-3-2-4-9-16/h2-14H,1H3,(H,23,29)/b20-14-. The molecule has 0 spiro atoms. The summed E-state index contributed by atoms with van der Waals surface area (Å²) in [7, 11) is 0. The fraction of sp³-hybridized carbons (Fsp3) is 0.0455. The van der Waals surface area contributed by atoms with Crippen molar-refractivity contribution in [2.75, 3.05) is 5.32 Å². The van der Waals surface area contributed by atoms with Crippen molar-refractivity contribution < 1.29 is 14.0 Å². The van der Waals surface area contributed by atoms with Gasteiger partial charge < -0.3 is 9.73 Å². The first kappa shape index (κ1) is 19.0. The molecule has 0 bridgehead atoms. The quantitative estimate of drug-likeness (QED) is 0.391. The number of rotatable bonds is 6. The predicted octanol–water partition coefficient (Wildman–Crippen LogP) is 3.77. The van der Waals surface area contributed by atoms with Gasteiger partial charge in [0.1, 0.15) is 11.5 Å². The number of amides is 1. The molecule has 4 rings (SSSR count). The number of para-hydroxylation sites is 1. The summed E-state index contributed by atoms with van der Waals surface area (Å²) in [6.07, 6.45) is 3.04. The normalized spacial score (nSPS) is 11.3. The molecule has 0 unspecified atom stereocenters. The van der Waals surface area contributed by atoms with Gasteiger partial charge in [0, 0.05) is 17.2 Å². The second-order valence-electron chi connectivity index (χ2n) is 6.38. The van der Waals surface area contributed by atoms with Crippen LogP contribution >= 0.6 is 0 Å². The molecule has 30 heavy (non-hydrogen) atoms. The number of carbonyl (C=O) groups is 2. The first-order valence-electron chi connectivity index (χ1n) is 9.14. The van der Waals surface area contributed by atoms with Crippen molar-refractivity contribution in [3.63, 3.8) is 0 Å². The van der Waals surface area contributed by atoms with E-state index >= 15 is 0 Å². The van der Waals surface area contributed by atoms with Gasteiger partial charge in [0.15, 0.2) is 11.6 Å². The van der Waals surface area contributed by atoms with Gasteiger partial charge in [-0.25, -0.2) is 0 Å². The van der Waals surface area contributed by atoms with Gasteiger partial charge in [-0.1, -0.05) is 42.5 Å². The third kappa shape index (κ3) is 3.93. The first-order valence-corrected chi connectivity index (χ1v) is 9.14. The van der Waals surface area contributed by atoms with Crippen LogP contribution in [0.4, 0.5) is 5.69 Å². The number of aromatic nitrogens is 4.